The van der Waals surface area contributed by atoms with Crippen molar-refractivity contribution < 1.29 is 0 Å². The van der Waals surface area contributed by atoms with E-state index in [1.807, 2.05) is 13.1 Å². The minimum Gasteiger partial charge on any atom is -0.266 e. The third-order valence-corrected chi connectivity index (χ3v) is 2.01. The molecular weight excluding hydrogens is 122 g/mol. The van der Waals surface area contributed by atoms with Gasteiger partial charge in [0.2, 0.25) is 0 Å². The van der Waals surface area contributed by atoms with Crippen LogP contribution in [0, 0.1) is 0 Å². The Morgan fingerprint density at radius 2 is 2.30 bits per heavy atom. The van der Waals surface area contributed by atoms with Crippen molar-refractivity contribution in [3.63, 3.8) is 0 Å². The van der Waals surface area contributed by atoms with E-state index >= 15 is 0 Å². The van der Waals surface area contributed by atoms with Crippen LogP contribution in [0.2, 0.25) is 0 Å². The maximum atomic E-state index is 4.33. The summed E-state index contributed by atoms with van der Waals surface area (Å²) in [6.07, 6.45) is 6.88. The van der Waals surface area contributed by atoms with E-state index in [0.29, 0.717) is 0 Å². The molecule has 0 bridgehead atoms. The van der Waals surface area contributed by atoms with Crippen LogP contribution in [0.3, 0.4) is 0 Å². The molecule has 0 atom stereocenters. The van der Waals surface area contributed by atoms with E-state index in [2.05, 4.69) is 11.9 Å². The van der Waals surface area contributed by atoms with Crippen LogP contribution in [-0.2, 0) is 0 Å². The lowest BCUT2D eigenvalue weighted by molar-refractivity contribution is 0.872. The molecule has 1 nitrogen and oxygen atoms in total. The minimum absolute atomic E-state index is 1.19. The highest BCUT2D eigenvalue weighted by atomic mass is 14.7. The molecule has 0 amide bonds. The molecule has 0 aromatic carbocycles. The van der Waals surface area contributed by atoms with Gasteiger partial charge in [0.15, 0.2) is 0 Å². The third-order valence-electron chi connectivity index (χ3n) is 2.01. The van der Waals surface area contributed by atoms with Gasteiger partial charge in [0, 0.05) is 11.9 Å². The molecule has 0 fully saturated rings. The van der Waals surface area contributed by atoms with Gasteiger partial charge in [-0.05, 0) is 38.2 Å². The van der Waals surface area contributed by atoms with Gasteiger partial charge in [0.05, 0.1) is 0 Å². The molecule has 1 heteroatoms. The van der Waals surface area contributed by atoms with Crippen molar-refractivity contribution in [1.29, 1.82) is 0 Å². The summed E-state index contributed by atoms with van der Waals surface area (Å²) in [7, 11) is 0. The molecule has 1 aliphatic carbocycles. The molecule has 0 unspecified atom stereocenters. The van der Waals surface area contributed by atoms with E-state index in [1.165, 1.54) is 31.4 Å². The monoisotopic (exact) mass is 137 g/mol. The highest BCUT2D eigenvalue weighted by Gasteiger charge is 2.10. The number of nitrogens with zero attached hydrogens (tertiary/aromatic N) is 1. The maximum Gasteiger partial charge on any atom is 0.0391 e. The summed E-state index contributed by atoms with van der Waals surface area (Å²) in [6, 6.07) is 0. The van der Waals surface area contributed by atoms with Crippen LogP contribution < -0.4 is 0 Å². The Morgan fingerprint density at radius 1 is 1.50 bits per heavy atom. The predicted octanol–water partition coefficient (Wildman–Crippen LogP) is 2.93. The van der Waals surface area contributed by atoms with E-state index in [4.69, 9.17) is 0 Å². The summed E-state index contributed by atoms with van der Waals surface area (Å²) in [4.78, 5) is 4.33. The van der Waals surface area contributed by atoms with E-state index in [-0.39, 0.29) is 0 Å². The lowest BCUT2D eigenvalue weighted by Gasteiger charge is -1.96. The molecule has 1 rings (SSSR count). The van der Waals surface area contributed by atoms with E-state index in [9.17, 15) is 0 Å². The Kier molecular flexibility index (Phi) is 2.67. The van der Waals surface area contributed by atoms with Crippen molar-refractivity contribution in [3.8, 4) is 0 Å². The highest BCUT2D eigenvalue weighted by Crippen LogP contribution is 2.28. The smallest absolute Gasteiger partial charge is 0.0391 e. The standard InChI is InChI=1S/C9H15N/c1-3-8-6-5-7-9(8)10-4-2/h4H,3,5-7H2,1-2H3/b10-4-. The van der Waals surface area contributed by atoms with Crippen molar-refractivity contribution >= 4 is 6.21 Å². The number of allylic oxidation sites excluding steroid dienone is 2. The van der Waals surface area contributed by atoms with Crippen molar-refractivity contribution in [1.82, 2.24) is 0 Å². The normalized spacial score (nSPS) is 19.4. The number of hydrogen-bond donors (Lipinski definition) is 0. The van der Waals surface area contributed by atoms with Crippen LogP contribution in [0.1, 0.15) is 39.5 Å². The summed E-state index contributed by atoms with van der Waals surface area (Å²) >= 11 is 0. The van der Waals surface area contributed by atoms with Gasteiger partial charge in [-0.2, -0.15) is 0 Å². The summed E-state index contributed by atoms with van der Waals surface area (Å²) in [5, 5.41) is 0. The molecule has 0 heterocycles. The average Bonchev–Trinajstić information content (AvgIpc) is 2.36. The molecule has 0 radical (unpaired) electrons. The molecular formula is C9H15N. The fraction of sp³-hybridized carbons (Fsp3) is 0.667. The first kappa shape index (κ1) is 7.52. The molecule has 0 aliphatic heterocycles. The lowest BCUT2D eigenvalue weighted by atomic mass is 10.2. The van der Waals surface area contributed by atoms with Crippen LogP contribution in [-0.4, -0.2) is 6.21 Å². The van der Waals surface area contributed by atoms with Gasteiger partial charge in [-0.1, -0.05) is 6.92 Å². The Bertz CT molecular complexity index is 166. The first-order valence-electron chi connectivity index (χ1n) is 4.08. The van der Waals surface area contributed by atoms with Crippen LogP contribution in [0.4, 0.5) is 0 Å². The molecule has 0 N–H and O–H groups in total. The van der Waals surface area contributed by atoms with E-state index in [0.717, 1.165) is 0 Å². The molecule has 0 spiro atoms. The topological polar surface area (TPSA) is 12.4 Å². The Hall–Kier alpha value is -0.590. The van der Waals surface area contributed by atoms with Crippen LogP contribution in [0.25, 0.3) is 0 Å². The van der Waals surface area contributed by atoms with Crippen LogP contribution in [0.5, 0.6) is 0 Å². The Balaban J connectivity index is 2.68. The second kappa shape index (κ2) is 3.55. The Labute approximate surface area is 62.9 Å². The van der Waals surface area contributed by atoms with Gasteiger partial charge < -0.3 is 0 Å². The van der Waals surface area contributed by atoms with E-state index in [1.54, 1.807) is 5.57 Å². The van der Waals surface area contributed by atoms with Crippen molar-refractivity contribution in [2.45, 2.75) is 39.5 Å². The van der Waals surface area contributed by atoms with E-state index < -0.39 is 0 Å². The molecule has 10 heavy (non-hydrogen) atoms. The fourth-order valence-corrected chi connectivity index (χ4v) is 1.48. The fourth-order valence-electron chi connectivity index (χ4n) is 1.48. The van der Waals surface area contributed by atoms with Gasteiger partial charge in [-0.25, -0.2) is 0 Å². The Morgan fingerprint density at radius 3 is 2.90 bits per heavy atom. The van der Waals surface area contributed by atoms with Crippen molar-refractivity contribution in [3.05, 3.63) is 11.3 Å². The van der Waals surface area contributed by atoms with Gasteiger partial charge in [0.1, 0.15) is 0 Å². The zero-order valence-corrected chi connectivity index (χ0v) is 6.85. The van der Waals surface area contributed by atoms with Crippen LogP contribution >= 0.6 is 0 Å². The maximum absolute atomic E-state index is 4.33. The molecule has 0 saturated carbocycles. The minimum atomic E-state index is 1.19. The molecule has 56 valence electrons. The van der Waals surface area contributed by atoms with Gasteiger partial charge in [-0.15, -0.1) is 0 Å². The second-order valence-electron chi connectivity index (χ2n) is 2.64. The summed E-state index contributed by atoms with van der Waals surface area (Å²) in [5.41, 5.74) is 2.92. The lowest BCUT2D eigenvalue weighted by Crippen LogP contribution is -1.77. The van der Waals surface area contributed by atoms with Gasteiger partial charge in [-0.3, -0.25) is 4.99 Å². The third kappa shape index (κ3) is 1.47. The average molecular weight is 137 g/mol. The summed E-state index contributed by atoms with van der Waals surface area (Å²) < 4.78 is 0. The van der Waals surface area contributed by atoms with Crippen molar-refractivity contribution in [2.75, 3.05) is 0 Å². The SMILES string of the molecule is C/C=N\C1=C(CC)CCC1. The molecule has 0 aromatic rings. The number of hydrogen-bond acceptors (Lipinski definition) is 1. The summed E-state index contributed by atoms with van der Waals surface area (Å²) in [6.45, 7) is 4.20. The van der Waals surface area contributed by atoms with Gasteiger partial charge >= 0.3 is 0 Å². The zero-order valence-electron chi connectivity index (χ0n) is 6.85. The highest BCUT2D eigenvalue weighted by molar-refractivity contribution is 5.55. The first-order valence-corrected chi connectivity index (χ1v) is 4.08. The first-order chi connectivity index (χ1) is 4.88. The number of aliphatic imine (C=N–C) groups is 1. The number of rotatable bonds is 2. The molecule has 0 saturated heterocycles. The zero-order chi connectivity index (χ0) is 7.40. The van der Waals surface area contributed by atoms with Gasteiger partial charge in [0.25, 0.3) is 0 Å². The summed E-state index contributed by atoms with van der Waals surface area (Å²) in [5.74, 6) is 0. The molecule has 1 aliphatic rings. The second-order valence-corrected chi connectivity index (χ2v) is 2.64. The largest absolute Gasteiger partial charge is 0.266 e. The predicted molar refractivity (Wildman–Crippen MR) is 45.3 cm³/mol. The van der Waals surface area contributed by atoms with Crippen molar-refractivity contribution in [2.24, 2.45) is 4.99 Å². The molecule has 0 aromatic heterocycles. The quantitative estimate of drug-likeness (QED) is 0.519. The van der Waals surface area contributed by atoms with Crippen LogP contribution in [0.15, 0.2) is 16.3 Å².